The number of carbonyl (C=O) groups excluding carboxylic acids is 1. The van der Waals surface area contributed by atoms with Gasteiger partial charge in [-0.05, 0) is 37.5 Å². The molecule has 2 N–H and O–H groups in total. The normalized spacial score (nSPS) is 16.6. The summed E-state index contributed by atoms with van der Waals surface area (Å²) in [6, 6.07) is 4.87. The molecule has 3 rings (SSSR count). The molecule has 1 aromatic carbocycles. The molecule has 0 unspecified atom stereocenters. The average molecular weight is 288 g/mol. The molecule has 0 spiro atoms. The van der Waals surface area contributed by atoms with Gasteiger partial charge in [-0.2, -0.15) is 0 Å². The van der Waals surface area contributed by atoms with Crippen molar-refractivity contribution in [1.82, 2.24) is 9.97 Å². The van der Waals surface area contributed by atoms with Crippen molar-refractivity contribution < 1.29 is 9.53 Å². The van der Waals surface area contributed by atoms with Gasteiger partial charge in [-0.15, -0.1) is 0 Å². The van der Waals surface area contributed by atoms with Gasteiger partial charge in [0.2, 0.25) is 0 Å². The maximum absolute atomic E-state index is 12.4. The fraction of sp³-hybridized carbons (Fsp3) is 0.400. The minimum absolute atomic E-state index is 0.0227. The summed E-state index contributed by atoms with van der Waals surface area (Å²) in [7, 11) is 1.63. The number of H-pyrrole nitrogens is 2. The van der Waals surface area contributed by atoms with E-state index in [2.05, 4.69) is 9.97 Å². The molecule has 2 aromatic rings. The Morgan fingerprint density at radius 3 is 2.43 bits per heavy atom. The number of benzene rings is 1. The summed E-state index contributed by atoms with van der Waals surface area (Å²) in [6.07, 6.45) is 3.20. The summed E-state index contributed by atoms with van der Waals surface area (Å²) in [4.78, 5) is 39.9. The van der Waals surface area contributed by atoms with Crippen molar-refractivity contribution in [2.45, 2.75) is 31.3 Å². The van der Waals surface area contributed by atoms with E-state index in [0.29, 0.717) is 23.0 Å². The van der Waals surface area contributed by atoms with E-state index >= 15 is 0 Å². The van der Waals surface area contributed by atoms with Gasteiger partial charge in [0.25, 0.3) is 0 Å². The smallest absolute Gasteiger partial charge is 0.314 e. The zero-order chi connectivity index (χ0) is 15.0. The summed E-state index contributed by atoms with van der Waals surface area (Å²) in [5.74, 6) is -0.0227. The molecule has 1 saturated carbocycles. The van der Waals surface area contributed by atoms with Crippen LogP contribution in [0.5, 0.6) is 0 Å². The fourth-order valence-electron chi connectivity index (χ4n) is 2.71. The third kappa shape index (κ3) is 2.42. The molecule has 0 saturated heterocycles. The zero-order valence-corrected chi connectivity index (χ0v) is 11.7. The molecule has 6 nitrogen and oxygen atoms in total. The monoisotopic (exact) mass is 288 g/mol. The number of fused-ring (bicyclic) bond motifs is 1. The van der Waals surface area contributed by atoms with E-state index in [0.717, 1.165) is 19.3 Å². The first kappa shape index (κ1) is 13.8. The molecule has 1 fully saturated rings. The number of ether oxygens (including phenoxy) is 1. The lowest BCUT2D eigenvalue weighted by molar-refractivity contribution is -0.0704. The molecule has 0 bridgehead atoms. The Balaban J connectivity index is 1.93. The summed E-state index contributed by atoms with van der Waals surface area (Å²) in [5, 5.41) is 0. The van der Waals surface area contributed by atoms with Crippen LogP contribution in [0.2, 0.25) is 0 Å². The third-order valence-corrected chi connectivity index (χ3v) is 4.22. The second-order valence-electron chi connectivity index (χ2n) is 5.51. The minimum Gasteiger partial charge on any atom is -0.378 e. The van der Waals surface area contributed by atoms with Crippen LogP contribution in [0.15, 0.2) is 27.8 Å². The second-order valence-corrected chi connectivity index (χ2v) is 5.51. The number of aromatic amines is 2. The van der Waals surface area contributed by atoms with E-state index in [1.54, 1.807) is 25.3 Å². The van der Waals surface area contributed by atoms with Gasteiger partial charge in [0.15, 0.2) is 5.78 Å². The summed E-state index contributed by atoms with van der Waals surface area (Å²) >= 11 is 0. The van der Waals surface area contributed by atoms with Gasteiger partial charge in [0, 0.05) is 19.1 Å². The number of hydrogen-bond donors (Lipinski definition) is 2. The molecule has 21 heavy (non-hydrogen) atoms. The number of rotatable bonds is 4. The van der Waals surface area contributed by atoms with Crippen LogP contribution in [0.4, 0.5) is 0 Å². The first-order chi connectivity index (χ1) is 10.0. The molecule has 1 aliphatic carbocycles. The SMILES string of the molecule is COC1(CC(=O)c2ccc3[nH]c(=O)c(=O)[nH]c3c2)CCC1. The maximum atomic E-state index is 12.4. The van der Waals surface area contributed by atoms with Gasteiger partial charge in [0.1, 0.15) is 0 Å². The van der Waals surface area contributed by atoms with Crippen LogP contribution in [-0.4, -0.2) is 28.5 Å². The van der Waals surface area contributed by atoms with Crippen LogP contribution >= 0.6 is 0 Å². The molecule has 110 valence electrons. The lowest BCUT2D eigenvalue weighted by Crippen LogP contribution is -2.41. The number of hydrogen-bond acceptors (Lipinski definition) is 4. The predicted octanol–water partition coefficient (Wildman–Crippen LogP) is 1.36. The van der Waals surface area contributed by atoms with Crippen LogP contribution in [-0.2, 0) is 4.74 Å². The van der Waals surface area contributed by atoms with Crippen molar-refractivity contribution in [2.24, 2.45) is 0 Å². The van der Waals surface area contributed by atoms with E-state index < -0.39 is 11.1 Å². The van der Waals surface area contributed by atoms with Crippen LogP contribution in [0.1, 0.15) is 36.0 Å². The highest BCUT2D eigenvalue weighted by atomic mass is 16.5. The molecule has 0 amide bonds. The summed E-state index contributed by atoms with van der Waals surface area (Å²) < 4.78 is 5.46. The van der Waals surface area contributed by atoms with Crippen molar-refractivity contribution in [3.05, 3.63) is 44.5 Å². The number of aromatic nitrogens is 2. The number of ketones is 1. The van der Waals surface area contributed by atoms with Gasteiger partial charge in [-0.25, -0.2) is 0 Å². The van der Waals surface area contributed by atoms with Crippen molar-refractivity contribution in [1.29, 1.82) is 0 Å². The first-order valence-corrected chi connectivity index (χ1v) is 6.88. The number of methoxy groups -OCH3 is 1. The molecule has 0 atom stereocenters. The summed E-state index contributed by atoms with van der Waals surface area (Å²) in [5.41, 5.74) is -0.293. The molecule has 1 aromatic heterocycles. The van der Waals surface area contributed by atoms with Crippen LogP contribution in [0.3, 0.4) is 0 Å². The van der Waals surface area contributed by atoms with Gasteiger partial charge in [-0.1, -0.05) is 0 Å². The highest BCUT2D eigenvalue weighted by Crippen LogP contribution is 2.38. The lowest BCUT2D eigenvalue weighted by atomic mass is 9.76. The molecule has 1 aliphatic rings. The highest BCUT2D eigenvalue weighted by Gasteiger charge is 2.39. The Morgan fingerprint density at radius 1 is 1.19 bits per heavy atom. The van der Waals surface area contributed by atoms with Crippen molar-refractivity contribution in [3.8, 4) is 0 Å². The standard InChI is InChI=1S/C15H16N2O4/c1-21-15(5-2-6-15)8-12(18)9-3-4-10-11(7-9)17-14(20)13(19)16-10/h3-4,7H,2,5-6,8H2,1H3,(H,16,19)(H,17,20). The van der Waals surface area contributed by atoms with Crippen LogP contribution < -0.4 is 11.1 Å². The van der Waals surface area contributed by atoms with E-state index in [1.807, 2.05) is 0 Å². The van der Waals surface area contributed by atoms with Crippen molar-refractivity contribution >= 4 is 16.8 Å². The average Bonchev–Trinajstić information content (AvgIpc) is 2.43. The van der Waals surface area contributed by atoms with Crippen LogP contribution in [0.25, 0.3) is 11.0 Å². The van der Waals surface area contributed by atoms with E-state index in [9.17, 15) is 14.4 Å². The fourth-order valence-corrected chi connectivity index (χ4v) is 2.71. The molecule has 6 heteroatoms. The first-order valence-electron chi connectivity index (χ1n) is 6.88. The lowest BCUT2D eigenvalue weighted by Gasteiger charge is -2.40. The Labute approximate surface area is 120 Å². The molecule has 0 aliphatic heterocycles. The molecular weight excluding hydrogens is 272 g/mol. The Kier molecular flexibility index (Phi) is 3.25. The Hall–Kier alpha value is -2.21. The zero-order valence-electron chi connectivity index (χ0n) is 11.7. The number of carbonyl (C=O) groups is 1. The van der Waals surface area contributed by atoms with Gasteiger partial charge in [0.05, 0.1) is 16.6 Å². The third-order valence-electron chi connectivity index (χ3n) is 4.22. The minimum atomic E-state index is -0.723. The van der Waals surface area contributed by atoms with Crippen molar-refractivity contribution in [3.63, 3.8) is 0 Å². The van der Waals surface area contributed by atoms with Crippen LogP contribution in [0, 0.1) is 0 Å². The predicted molar refractivity (Wildman–Crippen MR) is 77.7 cm³/mol. The van der Waals surface area contributed by atoms with E-state index in [1.165, 1.54) is 0 Å². The van der Waals surface area contributed by atoms with Crippen molar-refractivity contribution in [2.75, 3.05) is 7.11 Å². The van der Waals surface area contributed by atoms with Gasteiger partial charge in [-0.3, -0.25) is 14.4 Å². The van der Waals surface area contributed by atoms with E-state index in [-0.39, 0.29) is 11.4 Å². The quantitative estimate of drug-likeness (QED) is 0.656. The number of nitrogens with one attached hydrogen (secondary N) is 2. The highest BCUT2D eigenvalue weighted by molar-refractivity contribution is 5.99. The van der Waals surface area contributed by atoms with Gasteiger partial charge >= 0.3 is 11.1 Å². The number of Topliss-reactive ketones (excluding diaryl/α,β-unsaturated/α-hetero) is 1. The molecule has 1 heterocycles. The van der Waals surface area contributed by atoms with Gasteiger partial charge < -0.3 is 14.7 Å². The van der Waals surface area contributed by atoms with E-state index in [4.69, 9.17) is 4.74 Å². The second kappa shape index (κ2) is 4.96. The largest absolute Gasteiger partial charge is 0.378 e. The maximum Gasteiger partial charge on any atom is 0.314 e. The topological polar surface area (TPSA) is 92.0 Å². The summed E-state index contributed by atoms with van der Waals surface area (Å²) in [6.45, 7) is 0. The molecule has 0 radical (unpaired) electrons. The Bertz CT molecular complexity index is 809. The molecular formula is C15H16N2O4. The Morgan fingerprint density at radius 2 is 1.86 bits per heavy atom.